The average molecular weight is 328 g/mol. The topological polar surface area (TPSA) is 41.5 Å². The number of rotatable bonds is 3. The van der Waals surface area contributed by atoms with Crippen LogP contribution in [0, 0.1) is 19.8 Å². The third kappa shape index (κ3) is 2.96. The van der Waals surface area contributed by atoms with Crippen LogP contribution in [-0.4, -0.2) is 25.3 Å². The summed E-state index contributed by atoms with van der Waals surface area (Å²) in [6, 6.07) is 2.05. The molecule has 1 aromatic carbocycles. The summed E-state index contributed by atoms with van der Waals surface area (Å²) in [5.74, 6) is 1.13. The van der Waals surface area contributed by atoms with E-state index in [0.29, 0.717) is 5.92 Å². The van der Waals surface area contributed by atoms with Crippen LogP contribution in [0.2, 0.25) is 0 Å². The van der Waals surface area contributed by atoms with E-state index in [2.05, 4.69) is 21.2 Å². The van der Waals surface area contributed by atoms with E-state index >= 15 is 0 Å². The summed E-state index contributed by atoms with van der Waals surface area (Å²) in [4.78, 5) is 0. The summed E-state index contributed by atoms with van der Waals surface area (Å²) in [6.07, 6.45) is 1.57. The highest BCUT2D eigenvalue weighted by atomic mass is 79.9. The van der Waals surface area contributed by atoms with Gasteiger partial charge in [-0.1, -0.05) is 15.9 Å². The lowest BCUT2D eigenvalue weighted by molar-refractivity contribution is 0.0857. The van der Waals surface area contributed by atoms with Gasteiger partial charge in [0.2, 0.25) is 0 Å². The number of nitrogens with one attached hydrogen (secondary N) is 1. The number of ether oxygens (including phenoxy) is 1. The Balaban J connectivity index is 2.41. The lowest BCUT2D eigenvalue weighted by Crippen LogP contribution is -2.31. The molecule has 0 aromatic heterocycles. The predicted molar refractivity (Wildman–Crippen MR) is 80.7 cm³/mol. The quantitative estimate of drug-likeness (QED) is 0.896. The smallest absolute Gasteiger partial charge is 0.127 e. The Morgan fingerprint density at radius 3 is 2.58 bits per heavy atom. The van der Waals surface area contributed by atoms with Crippen LogP contribution >= 0.6 is 15.9 Å². The van der Waals surface area contributed by atoms with Gasteiger partial charge in [0, 0.05) is 10.0 Å². The Bertz CT molecular complexity index is 456. The van der Waals surface area contributed by atoms with Gasteiger partial charge in [-0.05, 0) is 62.9 Å². The van der Waals surface area contributed by atoms with Gasteiger partial charge in [0.25, 0.3) is 0 Å². The first kappa shape index (κ1) is 14.8. The summed E-state index contributed by atoms with van der Waals surface area (Å²) >= 11 is 3.57. The summed E-state index contributed by atoms with van der Waals surface area (Å²) in [6.45, 7) is 6.01. The number of hydrogen-bond acceptors (Lipinski definition) is 3. The van der Waals surface area contributed by atoms with E-state index in [1.54, 1.807) is 7.11 Å². The van der Waals surface area contributed by atoms with E-state index < -0.39 is 6.10 Å². The maximum absolute atomic E-state index is 10.8. The van der Waals surface area contributed by atoms with E-state index in [-0.39, 0.29) is 0 Å². The largest absolute Gasteiger partial charge is 0.496 e. The van der Waals surface area contributed by atoms with Gasteiger partial charge in [-0.25, -0.2) is 0 Å². The molecule has 1 atom stereocenters. The Kier molecular flexibility index (Phi) is 4.87. The van der Waals surface area contributed by atoms with Gasteiger partial charge in [0.1, 0.15) is 5.75 Å². The molecule has 0 amide bonds. The van der Waals surface area contributed by atoms with Gasteiger partial charge in [-0.15, -0.1) is 0 Å². The monoisotopic (exact) mass is 327 g/mol. The molecule has 106 valence electrons. The van der Waals surface area contributed by atoms with Crippen LogP contribution in [0.1, 0.15) is 35.6 Å². The highest BCUT2D eigenvalue weighted by Crippen LogP contribution is 2.40. The molecule has 19 heavy (non-hydrogen) atoms. The maximum atomic E-state index is 10.8. The number of aryl methyl sites for hydroxylation is 1. The first-order valence-electron chi connectivity index (χ1n) is 6.78. The average Bonchev–Trinajstić information content (AvgIpc) is 2.42. The zero-order valence-electron chi connectivity index (χ0n) is 11.8. The van der Waals surface area contributed by atoms with Crippen molar-refractivity contribution in [2.45, 2.75) is 32.8 Å². The van der Waals surface area contributed by atoms with Crippen molar-refractivity contribution in [3.8, 4) is 5.75 Å². The Morgan fingerprint density at radius 1 is 1.37 bits per heavy atom. The van der Waals surface area contributed by atoms with Crippen LogP contribution < -0.4 is 10.1 Å². The molecule has 1 heterocycles. The zero-order chi connectivity index (χ0) is 14.0. The van der Waals surface area contributed by atoms with Gasteiger partial charge in [0.05, 0.1) is 13.2 Å². The summed E-state index contributed by atoms with van der Waals surface area (Å²) in [7, 11) is 1.67. The SMILES string of the molecule is COc1c(C)cc(Br)c(C)c1C(O)C1CCNCC1. The molecule has 1 unspecified atom stereocenters. The van der Waals surface area contributed by atoms with Crippen molar-refractivity contribution >= 4 is 15.9 Å². The Morgan fingerprint density at radius 2 is 2.00 bits per heavy atom. The molecule has 1 aliphatic rings. The Labute approximate surface area is 123 Å². The molecule has 0 radical (unpaired) electrons. The number of piperidine rings is 1. The van der Waals surface area contributed by atoms with Gasteiger partial charge in [-0.3, -0.25) is 0 Å². The molecule has 0 aliphatic carbocycles. The second-order valence-corrected chi connectivity index (χ2v) is 6.13. The highest BCUT2D eigenvalue weighted by molar-refractivity contribution is 9.10. The number of aliphatic hydroxyl groups excluding tert-OH is 1. The lowest BCUT2D eigenvalue weighted by atomic mass is 9.85. The first-order valence-corrected chi connectivity index (χ1v) is 7.58. The molecule has 2 N–H and O–H groups in total. The number of aliphatic hydroxyl groups is 1. The van der Waals surface area contributed by atoms with Gasteiger partial charge >= 0.3 is 0 Å². The number of benzene rings is 1. The molecule has 1 saturated heterocycles. The van der Waals surface area contributed by atoms with Crippen molar-refractivity contribution in [1.82, 2.24) is 5.32 Å². The molecule has 1 aromatic rings. The van der Waals surface area contributed by atoms with Gasteiger partial charge in [-0.2, -0.15) is 0 Å². The number of hydrogen-bond donors (Lipinski definition) is 2. The zero-order valence-corrected chi connectivity index (χ0v) is 13.4. The fourth-order valence-corrected chi connectivity index (χ4v) is 3.45. The van der Waals surface area contributed by atoms with Crippen LogP contribution in [0.3, 0.4) is 0 Å². The molecule has 1 fully saturated rings. The van der Waals surface area contributed by atoms with Gasteiger partial charge in [0.15, 0.2) is 0 Å². The van der Waals surface area contributed by atoms with Crippen LogP contribution in [0.4, 0.5) is 0 Å². The number of methoxy groups -OCH3 is 1. The minimum absolute atomic E-state index is 0.308. The summed E-state index contributed by atoms with van der Waals surface area (Å²) in [5, 5.41) is 14.1. The molecule has 1 aliphatic heterocycles. The molecule has 0 spiro atoms. The summed E-state index contributed by atoms with van der Waals surface area (Å²) in [5.41, 5.74) is 3.08. The highest BCUT2D eigenvalue weighted by Gasteiger charge is 2.28. The fraction of sp³-hybridized carbons (Fsp3) is 0.600. The van der Waals surface area contributed by atoms with Crippen LogP contribution in [0.5, 0.6) is 5.75 Å². The fourth-order valence-electron chi connectivity index (χ4n) is 2.90. The van der Waals surface area contributed by atoms with Gasteiger partial charge < -0.3 is 15.2 Å². The van der Waals surface area contributed by atoms with Crippen molar-refractivity contribution in [2.75, 3.05) is 20.2 Å². The van der Waals surface area contributed by atoms with Crippen LogP contribution in [0.15, 0.2) is 10.5 Å². The maximum Gasteiger partial charge on any atom is 0.127 e. The molecular formula is C15H22BrNO2. The van der Waals surface area contributed by atoms with Crippen molar-refractivity contribution in [2.24, 2.45) is 5.92 Å². The van der Waals surface area contributed by atoms with Crippen molar-refractivity contribution in [3.05, 3.63) is 27.2 Å². The molecule has 2 rings (SSSR count). The van der Waals surface area contributed by atoms with Crippen molar-refractivity contribution in [1.29, 1.82) is 0 Å². The first-order chi connectivity index (χ1) is 9.06. The number of halogens is 1. The predicted octanol–water partition coefficient (Wildman–Crippen LogP) is 3.11. The minimum atomic E-state index is -0.451. The standard InChI is InChI=1S/C15H22BrNO2/c1-9-8-12(16)10(2)13(15(9)19-3)14(18)11-4-6-17-7-5-11/h8,11,14,17-18H,4-7H2,1-3H3. The lowest BCUT2D eigenvalue weighted by Gasteiger charge is -2.30. The van der Waals surface area contributed by atoms with E-state index in [4.69, 9.17) is 4.74 Å². The Hall–Kier alpha value is -0.580. The van der Waals surface area contributed by atoms with E-state index in [1.165, 1.54) is 0 Å². The van der Waals surface area contributed by atoms with E-state index in [0.717, 1.165) is 52.8 Å². The molecule has 0 bridgehead atoms. The molecule has 4 heteroatoms. The second kappa shape index (κ2) is 6.25. The van der Waals surface area contributed by atoms with Crippen LogP contribution in [0.25, 0.3) is 0 Å². The van der Waals surface area contributed by atoms with Crippen LogP contribution in [-0.2, 0) is 0 Å². The summed E-state index contributed by atoms with van der Waals surface area (Å²) < 4.78 is 6.56. The molecule has 3 nitrogen and oxygen atoms in total. The second-order valence-electron chi connectivity index (χ2n) is 5.28. The van der Waals surface area contributed by atoms with E-state index in [9.17, 15) is 5.11 Å². The minimum Gasteiger partial charge on any atom is -0.496 e. The third-order valence-electron chi connectivity index (χ3n) is 4.04. The molecular weight excluding hydrogens is 306 g/mol. The van der Waals surface area contributed by atoms with E-state index in [1.807, 2.05) is 19.9 Å². The third-order valence-corrected chi connectivity index (χ3v) is 4.86. The van der Waals surface area contributed by atoms with Crippen molar-refractivity contribution < 1.29 is 9.84 Å². The van der Waals surface area contributed by atoms with Crippen molar-refractivity contribution in [3.63, 3.8) is 0 Å². The molecule has 0 saturated carbocycles. The normalized spacial score (nSPS) is 18.4.